The van der Waals surface area contributed by atoms with Gasteiger partial charge in [-0.3, -0.25) is 0 Å². The second-order valence-electron chi connectivity index (χ2n) is 8.90. The first kappa shape index (κ1) is 26.7. The van der Waals surface area contributed by atoms with Crippen LogP contribution in [-0.4, -0.2) is 95.6 Å². The average Bonchev–Trinajstić information content (AvgIpc) is 3.01. The van der Waals surface area contributed by atoms with E-state index in [0.717, 1.165) is 5.56 Å². The van der Waals surface area contributed by atoms with Crippen molar-refractivity contribution in [1.29, 1.82) is 0 Å². The number of ether oxygens (including phenoxy) is 2. The molecule has 2 fully saturated rings. The van der Waals surface area contributed by atoms with E-state index in [4.69, 9.17) is 9.47 Å². The first-order valence-corrected chi connectivity index (χ1v) is 10.8. The molecule has 0 saturated carbocycles. The summed E-state index contributed by atoms with van der Waals surface area (Å²) in [5, 5.41) is 70.5. The zero-order valence-electron chi connectivity index (χ0n) is 18.8. The molecule has 2 bridgehead atoms. The van der Waals surface area contributed by atoms with E-state index >= 15 is 0 Å². The predicted molar refractivity (Wildman–Crippen MR) is 115 cm³/mol. The third kappa shape index (κ3) is 4.22. The number of aliphatic hydroxyl groups excluding tert-OH is 3. The molecule has 0 aliphatic carbocycles. The van der Waals surface area contributed by atoms with Crippen molar-refractivity contribution in [3.63, 3.8) is 0 Å². The molecule has 192 valence electrons. The minimum Gasteiger partial charge on any atom is -0.479 e. The van der Waals surface area contributed by atoms with Crippen LogP contribution in [-0.2, 0) is 30.3 Å². The number of aliphatic carboxylic acids is 3. The smallest absolute Gasteiger partial charge is 0.343 e. The lowest BCUT2D eigenvalue weighted by molar-refractivity contribution is -0.373. The van der Waals surface area contributed by atoms with Crippen LogP contribution in [0.1, 0.15) is 25.3 Å². The predicted octanol–water partition coefficient (Wildman–Crippen LogP) is -0.865. The molecule has 2 aliphatic rings. The maximum atomic E-state index is 12.1. The molecule has 12 nitrogen and oxygen atoms in total. The van der Waals surface area contributed by atoms with Gasteiger partial charge in [0.15, 0.2) is 5.79 Å². The van der Waals surface area contributed by atoms with E-state index in [0.29, 0.717) is 12.0 Å². The molecular formula is C23H28O12. The number of carboxylic acids is 3. The summed E-state index contributed by atoms with van der Waals surface area (Å²) in [6.45, 7) is 1.50. The minimum absolute atomic E-state index is 0.0304. The second kappa shape index (κ2) is 9.64. The van der Waals surface area contributed by atoms with Crippen molar-refractivity contribution in [1.82, 2.24) is 0 Å². The first-order chi connectivity index (χ1) is 16.4. The molecular weight excluding hydrogens is 468 g/mol. The second-order valence-corrected chi connectivity index (χ2v) is 8.90. The quantitative estimate of drug-likeness (QED) is 0.197. The van der Waals surface area contributed by atoms with Crippen LogP contribution in [0.15, 0.2) is 42.0 Å². The Morgan fingerprint density at radius 2 is 1.69 bits per heavy atom. The summed E-state index contributed by atoms with van der Waals surface area (Å²) >= 11 is 0. The molecule has 2 aliphatic heterocycles. The number of allylic oxidation sites excluding steroid dienone is 1. The Morgan fingerprint density at radius 3 is 2.20 bits per heavy atom. The van der Waals surface area contributed by atoms with Crippen molar-refractivity contribution in [2.45, 2.75) is 61.5 Å². The monoisotopic (exact) mass is 496 g/mol. The number of aliphatic hydroxyl groups is 4. The molecule has 7 N–H and O–H groups in total. The molecule has 0 aromatic heterocycles. The third-order valence-electron chi connectivity index (χ3n) is 6.59. The molecule has 2 heterocycles. The Bertz CT molecular complexity index is 1010. The lowest BCUT2D eigenvalue weighted by Gasteiger charge is -2.48. The summed E-state index contributed by atoms with van der Waals surface area (Å²) in [6.07, 6.45) is -5.49. The highest BCUT2D eigenvalue weighted by Gasteiger charge is 2.84. The number of fused-ring (bicyclic) bond motifs is 2. The maximum absolute atomic E-state index is 12.1. The van der Waals surface area contributed by atoms with Crippen LogP contribution in [0.5, 0.6) is 0 Å². The molecule has 0 spiro atoms. The lowest BCUT2D eigenvalue weighted by atomic mass is 9.74. The van der Waals surface area contributed by atoms with Gasteiger partial charge in [0, 0.05) is 18.9 Å². The fraction of sp³-hybridized carbons (Fsp3) is 0.522. The van der Waals surface area contributed by atoms with E-state index in [1.807, 2.05) is 30.3 Å². The van der Waals surface area contributed by atoms with Gasteiger partial charge in [-0.2, -0.15) is 0 Å². The van der Waals surface area contributed by atoms with Gasteiger partial charge in [-0.25, -0.2) is 14.4 Å². The van der Waals surface area contributed by atoms with Crippen molar-refractivity contribution in [3.8, 4) is 0 Å². The van der Waals surface area contributed by atoms with Crippen LogP contribution in [0.3, 0.4) is 0 Å². The number of carbonyl (C=O) groups is 3. The summed E-state index contributed by atoms with van der Waals surface area (Å²) in [5.74, 6) is -9.25. The van der Waals surface area contributed by atoms with Gasteiger partial charge in [-0.1, -0.05) is 42.0 Å². The van der Waals surface area contributed by atoms with Crippen molar-refractivity contribution in [2.75, 3.05) is 6.61 Å². The van der Waals surface area contributed by atoms with Crippen molar-refractivity contribution >= 4 is 17.9 Å². The van der Waals surface area contributed by atoms with Crippen LogP contribution in [0.4, 0.5) is 0 Å². The van der Waals surface area contributed by atoms with Crippen LogP contribution in [0, 0.1) is 5.92 Å². The highest BCUT2D eigenvalue weighted by molar-refractivity contribution is 5.97. The number of hydrogen-bond donors (Lipinski definition) is 7. The van der Waals surface area contributed by atoms with Gasteiger partial charge in [0.1, 0.15) is 12.2 Å². The Kier molecular flexibility index (Phi) is 7.37. The van der Waals surface area contributed by atoms with E-state index in [9.17, 15) is 50.1 Å². The molecule has 7 atom stereocenters. The maximum Gasteiger partial charge on any atom is 0.343 e. The average molecular weight is 496 g/mol. The molecule has 1 aromatic carbocycles. The first-order valence-electron chi connectivity index (χ1n) is 10.8. The summed E-state index contributed by atoms with van der Waals surface area (Å²) < 4.78 is 10.5. The molecule has 0 amide bonds. The van der Waals surface area contributed by atoms with Gasteiger partial charge in [0.2, 0.25) is 17.3 Å². The molecule has 12 heteroatoms. The molecule has 3 rings (SSSR count). The molecule has 35 heavy (non-hydrogen) atoms. The third-order valence-corrected chi connectivity index (χ3v) is 6.59. The van der Waals surface area contributed by atoms with Gasteiger partial charge in [-0.15, -0.1) is 0 Å². The van der Waals surface area contributed by atoms with Crippen molar-refractivity contribution in [3.05, 3.63) is 47.5 Å². The fourth-order valence-electron chi connectivity index (χ4n) is 4.77. The zero-order chi connectivity index (χ0) is 26.2. The number of hydrogen-bond acceptors (Lipinski definition) is 9. The summed E-state index contributed by atoms with van der Waals surface area (Å²) in [5.41, 5.74) is -5.56. The van der Waals surface area contributed by atoms with E-state index in [2.05, 4.69) is 0 Å². The van der Waals surface area contributed by atoms with Crippen LogP contribution in [0.25, 0.3) is 0 Å². The minimum atomic E-state index is -3.76. The van der Waals surface area contributed by atoms with Crippen LogP contribution < -0.4 is 0 Å². The summed E-state index contributed by atoms with van der Waals surface area (Å²) in [7, 11) is 0. The zero-order valence-corrected chi connectivity index (χ0v) is 18.8. The number of carboxylic acid groups (broad SMARTS) is 3. The standard InChI is InChI=1S/C23H28O12/c1-12(9-14(11-24)10-13-5-3-2-4-6-13)7-8-21-15(25)16(26)23(35-21,20(31)32)22(33,19(29)30)17(34-21)18(27)28/h2-6,9,14-17,24-26,33H,7-8,10-11H2,1H3,(H,27,28)(H,29,30)(H,31,32)/b12-9+/t14?,15-,16-,17-,21-,22-,23-/m1/s1. The Morgan fingerprint density at radius 1 is 1.06 bits per heavy atom. The Labute approximate surface area is 199 Å². The fourth-order valence-corrected chi connectivity index (χ4v) is 4.77. The Hall–Kier alpha value is -2.87. The highest BCUT2D eigenvalue weighted by Crippen LogP contribution is 2.54. The summed E-state index contributed by atoms with van der Waals surface area (Å²) in [4.78, 5) is 35.8. The van der Waals surface area contributed by atoms with E-state index in [1.165, 1.54) is 0 Å². The Balaban J connectivity index is 1.90. The van der Waals surface area contributed by atoms with Gasteiger partial charge in [0.05, 0.1) is 0 Å². The molecule has 1 unspecified atom stereocenters. The topological polar surface area (TPSA) is 211 Å². The lowest BCUT2D eigenvalue weighted by Crippen LogP contribution is -2.77. The van der Waals surface area contributed by atoms with E-state index < -0.39 is 53.2 Å². The van der Waals surface area contributed by atoms with Crippen LogP contribution >= 0.6 is 0 Å². The summed E-state index contributed by atoms with van der Waals surface area (Å²) in [6, 6.07) is 9.36. The van der Waals surface area contributed by atoms with Gasteiger partial charge in [0.25, 0.3) is 0 Å². The largest absolute Gasteiger partial charge is 0.479 e. The van der Waals surface area contributed by atoms with Gasteiger partial charge < -0.3 is 45.2 Å². The SMILES string of the molecule is C/C(=C\C(CO)Cc1ccccc1)CC[C@@]12O[C@H](C(=O)O)[C@@](O)(C(=O)O)[C@@](C(=O)O)(O1)[C@H](O)[C@H]2O. The number of benzene rings is 1. The van der Waals surface area contributed by atoms with E-state index in [-0.39, 0.29) is 25.4 Å². The van der Waals surface area contributed by atoms with Crippen LogP contribution in [0.2, 0.25) is 0 Å². The highest BCUT2D eigenvalue weighted by atomic mass is 16.8. The van der Waals surface area contributed by atoms with Crippen molar-refractivity contribution in [2.24, 2.45) is 5.92 Å². The normalized spacial score (nSPS) is 35.5. The molecule has 1 aromatic rings. The van der Waals surface area contributed by atoms with Gasteiger partial charge in [-0.05, 0) is 25.3 Å². The van der Waals surface area contributed by atoms with E-state index in [1.54, 1.807) is 13.0 Å². The molecule has 2 saturated heterocycles. The van der Waals surface area contributed by atoms with Crippen molar-refractivity contribution < 1.29 is 59.6 Å². The molecule has 0 radical (unpaired) electrons. The van der Waals surface area contributed by atoms with Gasteiger partial charge >= 0.3 is 17.9 Å². The number of rotatable bonds is 10.